The van der Waals surface area contributed by atoms with E-state index in [1.54, 1.807) is 0 Å². The molecule has 2 aromatic rings. The maximum Gasteiger partial charge on any atom is 0.411 e. The maximum absolute atomic E-state index is 12.5. The lowest BCUT2D eigenvalue weighted by Crippen LogP contribution is -2.51. The van der Waals surface area contributed by atoms with Crippen molar-refractivity contribution in [1.29, 1.82) is 0 Å². The minimum Gasteiger partial charge on any atom is -0.444 e. The molecular weight excluding hydrogens is 310 g/mol. The fraction of sp³-hybridized carbons (Fsp3) is 0.409. The Hall–Kier alpha value is -2.29. The molecule has 1 amide bonds. The van der Waals surface area contributed by atoms with Gasteiger partial charge in [-0.15, -0.1) is 0 Å². The summed E-state index contributed by atoms with van der Waals surface area (Å²) in [7, 11) is 0. The summed E-state index contributed by atoms with van der Waals surface area (Å²) in [4.78, 5) is 14.3. The monoisotopic (exact) mass is 337 g/mol. The number of benzene rings is 2. The quantitative estimate of drug-likeness (QED) is 0.673. The van der Waals surface area contributed by atoms with Gasteiger partial charge in [0.05, 0.1) is 0 Å². The van der Waals surface area contributed by atoms with Crippen LogP contribution in [0.5, 0.6) is 0 Å². The van der Waals surface area contributed by atoms with Gasteiger partial charge in [0.1, 0.15) is 5.60 Å². The molecule has 3 heteroatoms. The van der Waals surface area contributed by atoms with Gasteiger partial charge in [0.25, 0.3) is 0 Å². The number of hydrogen-bond acceptors (Lipinski definition) is 2. The summed E-state index contributed by atoms with van der Waals surface area (Å²) in [6.45, 7) is 10.5. The van der Waals surface area contributed by atoms with Crippen molar-refractivity contribution in [1.82, 2.24) is 4.90 Å². The zero-order valence-electron chi connectivity index (χ0n) is 15.8. The van der Waals surface area contributed by atoms with Crippen LogP contribution in [0.1, 0.15) is 46.6 Å². The molecule has 0 unspecified atom stereocenters. The van der Waals surface area contributed by atoms with Crippen molar-refractivity contribution in [3.05, 3.63) is 54.1 Å². The van der Waals surface area contributed by atoms with E-state index in [0.29, 0.717) is 6.54 Å². The lowest BCUT2D eigenvalue weighted by atomic mass is 9.85. The fourth-order valence-corrected chi connectivity index (χ4v) is 3.33. The molecule has 0 bridgehead atoms. The van der Waals surface area contributed by atoms with Crippen LogP contribution in [0.4, 0.5) is 4.79 Å². The molecule has 3 nitrogen and oxygen atoms in total. The molecule has 0 fully saturated rings. The normalized spacial score (nSPS) is 17.3. The number of carbonyl (C=O) groups excluding carboxylic acids is 1. The first kappa shape index (κ1) is 17.5. The van der Waals surface area contributed by atoms with Crippen LogP contribution >= 0.6 is 0 Å². The van der Waals surface area contributed by atoms with Gasteiger partial charge < -0.3 is 4.74 Å². The van der Waals surface area contributed by atoms with Crippen molar-refractivity contribution >= 4 is 22.4 Å². The van der Waals surface area contributed by atoms with Gasteiger partial charge in [0.15, 0.2) is 0 Å². The third kappa shape index (κ3) is 3.87. The molecule has 0 saturated carbocycles. The summed E-state index contributed by atoms with van der Waals surface area (Å²) in [5.74, 6) is 0. The zero-order valence-corrected chi connectivity index (χ0v) is 15.8. The Morgan fingerprint density at radius 1 is 1.08 bits per heavy atom. The maximum atomic E-state index is 12.5. The van der Waals surface area contributed by atoms with E-state index in [2.05, 4.69) is 62.4 Å². The Morgan fingerprint density at radius 3 is 2.40 bits per heavy atom. The summed E-state index contributed by atoms with van der Waals surface area (Å²) in [6.07, 6.45) is 2.72. The number of amides is 1. The van der Waals surface area contributed by atoms with Gasteiger partial charge in [0, 0.05) is 12.1 Å². The molecular formula is C22H27NO2. The van der Waals surface area contributed by atoms with E-state index in [9.17, 15) is 4.79 Å². The standard InChI is InChI=1S/C22H27NO2/c1-21(2,3)25-20(24)23-13-12-19(15-22(23,4)5)18-11-10-16-8-6-7-9-17(16)14-18/h6-12,14H,13,15H2,1-5H3. The van der Waals surface area contributed by atoms with Crippen LogP contribution in [-0.4, -0.2) is 28.7 Å². The second-order valence-corrected chi connectivity index (χ2v) is 8.37. The van der Waals surface area contributed by atoms with Gasteiger partial charge in [0.2, 0.25) is 0 Å². The molecule has 3 rings (SSSR count). The smallest absolute Gasteiger partial charge is 0.411 e. The molecule has 1 aliphatic heterocycles. The molecule has 0 spiro atoms. The average Bonchev–Trinajstić information content (AvgIpc) is 2.51. The van der Waals surface area contributed by atoms with Crippen molar-refractivity contribution < 1.29 is 9.53 Å². The second kappa shape index (κ2) is 6.21. The fourth-order valence-electron chi connectivity index (χ4n) is 3.33. The number of hydrogen-bond donors (Lipinski definition) is 0. The van der Waals surface area contributed by atoms with Crippen molar-refractivity contribution in [3.8, 4) is 0 Å². The van der Waals surface area contributed by atoms with E-state index >= 15 is 0 Å². The summed E-state index contributed by atoms with van der Waals surface area (Å²) in [5.41, 5.74) is 1.76. The van der Waals surface area contributed by atoms with Crippen LogP contribution in [0.25, 0.3) is 16.3 Å². The van der Waals surface area contributed by atoms with Gasteiger partial charge in [-0.25, -0.2) is 4.79 Å². The summed E-state index contributed by atoms with van der Waals surface area (Å²) in [5, 5.41) is 2.49. The van der Waals surface area contributed by atoms with E-state index in [1.165, 1.54) is 21.9 Å². The first-order valence-corrected chi connectivity index (χ1v) is 8.85. The Morgan fingerprint density at radius 2 is 1.76 bits per heavy atom. The van der Waals surface area contributed by atoms with Crippen molar-refractivity contribution in [2.45, 2.75) is 52.2 Å². The Labute approximate surface area is 150 Å². The van der Waals surface area contributed by atoms with Crippen LogP contribution in [-0.2, 0) is 4.74 Å². The summed E-state index contributed by atoms with van der Waals surface area (Å²) in [6, 6.07) is 15.0. The molecule has 0 saturated heterocycles. The van der Waals surface area contributed by atoms with Gasteiger partial charge in [-0.05, 0) is 69.0 Å². The first-order chi connectivity index (χ1) is 11.7. The highest BCUT2D eigenvalue weighted by molar-refractivity contribution is 5.86. The van der Waals surface area contributed by atoms with E-state index in [4.69, 9.17) is 4.74 Å². The molecule has 1 heterocycles. The molecule has 1 aliphatic rings. The number of ether oxygens (including phenoxy) is 1. The molecule has 0 radical (unpaired) electrons. The van der Waals surface area contributed by atoms with E-state index < -0.39 is 5.60 Å². The number of carbonyl (C=O) groups is 1. The van der Waals surface area contributed by atoms with Crippen LogP contribution in [0.2, 0.25) is 0 Å². The highest BCUT2D eigenvalue weighted by Crippen LogP contribution is 2.35. The molecule has 132 valence electrons. The molecule has 0 aromatic heterocycles. The minimum atomic E-state index is -0.477. The van der Waals surface area contributed by atoms with E-state index in [1.807, 2.05) is 25.7 Å². The average molecular weight is 337 g/mol. The van der Waals surface area contributed by atoms with Gasteiger partial charge in [-0.1, -0.05) is 42.5 Å². The Kier molecular flexibility index (Phi) is 4.36. The van der Waals surface area contributed by atoms with E-state index in [-0.39, 0.29) is 11.6 Å². The lowest BCUT2D eigenvalue weighted by molar-refractivity contribution is 0.00618. The van der Waals surface area contributed by atoms with Crippen molar-refractivity contribution in [2.75, 3.05) is 6.54 Å². The van der Waals surface area contributed by atoms with Gasteiger partial charge >= 0.3 is 6.09 Å². The molecule has 2 aromatic carbocycles. The second-order valence-electron chi connectivity index (χ2n) is 8.37. The number of nitrogens with zero attached hydrogens (tertiary/aromatic N) is 1. The van der Waals surface area contributed by atoms with Crippen molar-refractivity contribution in [2.24, 2.45) is 0 Å². The third-order valence-corrected chi connectivity index (χ3v) is 4.61. The Bertz CT molecular complexity index is 827. The summed E-state index contributed by atoms with van der Waals surface area (Å²) >= 11 is 0. The zero-order chi connectivity index (χ0) is 18.2. The number of rotatable bonds is 1. The highest BCUT2D eigenvalue weighted by atomic mass is 16.6. The van der Waals surface area contributed by atoms with Crippen LogP contribution in [0, 0.1) is 0 Å². The SMILES string of the molecule is CC(C)(C)OC(=O)N1CC=C(c2ccc3ccccc3c2)CC1(C)C. The third-order valence-electron chi connectivity index (χ3n) is 4.61. The lowest BCUT2D eigenvalue weighted by Gasteiger charge is -2.42. The van der Waals surface area contributed by atoms with Crippen LogP contribution in [0.3, 0.4) is 0 Å². The summed E-state index contributed by atoms with van der Waals surface area (Å²) < 4.78 is 5.57. The molecule has 0 N–H and O–H groups in total. The largest absolute Gasteiger partial charge is 0.444 e. The predicted octanol–water partition coefficient (Wildman–Crippen LogP) is 5.64. The molecule has 0 aliphatic carbocycles. The first-order valence-electron chi connectivity index (χ1n) is 8.85. The van der Waals surface area contributed by atoms with Crippen molar-refractivity contribution in [3.63, 3.8) is 0 Å². The minimum absolute atomic E-state index is 0.244. The highest BCUT2D eigenvalue weighted by Gasteiger charge is 2.36. The van der Waals surface area contributed by atoms with Crippen LogP contribution in [0.15, 0.2) is 48.5 Å². The Balaban J connectivity index is 1.86. The molecule has 25 heavy (non-hydrogen) atoms. The van der Waals surface area contributed by atoms with Crippen LogP contribution < -0.4 is 0 Å². The number of fused-ring (bicyclic) bond motifs is 1. The molecule has 0 atom stereocenters. The predicted molar refractivity (Wildman–Crippen MR) is 104 cm³/mol. The topological polar surface area (TPSA) is 29.5 Å². The van der Waals surface area contributed by atoms with Gasteiger partial charge in [-0.3, -0.25) is 4.90 Å². The van der Waals surface area contributed by atoms with E-state index in [0.717, 1.165) is 6.42 Å². The van der Waals surface area contributed by atoms with Gasteiger partial charge in [-0.2, -0.15) is 0 Å².